The van der Waals surface area contributed by atoms with Crippen LogP contribution in [0.4, 0.5) is 0 Å². The van der Waals surface area contributed by atoms with E-state index < -0.39 is 5.97 Å². The summed E-state index contributed by atoms with van der Waals surface area (Å²) in [7, 11) is 2.67. The molecule has 5 nitrogen and oxygen atoms in total. The fraction of sp³-hybridized carbons (Fsp3) is 0.200. The van der Waals surface area contributed by atoms with Crippen molar-refractivity contribution in [2.45, 2.75) is 6.61 Å². The van der Waals surface area contributed by atoms with Crippen LogP contribution in [-0.4, -0.2) is 25.2 Å². The molecule has 0 unspecified atom stereocenters. The van der Waals surface area contributed by atoms with Crippen LogP contribution in [0.3, 0.4) is 0 Å². The van der Waals surface area contributed by atoms with E-state index in [9.17, 15) is 4.79 Å². The highest BCUT2D eigenvalue weighted by Gasteiger charge is 2.18. The molecule has 2 rings (SSSR count). The molecule has 2 aromatic rings. The number of carbonyl (C=O) groups excluding carboxylic acids is 1. The van der Waals surface area contributed by atoms with Gasteiger partial charge in [-0.1, -0.05) is 29.3 Å². The number of halogens is 3. The van der Waals surface area contributed by atoms with Crippen LogP contribution < -0.4 is 9.47 Å². The number of nitrogens with zero attached hydrogens (tertiary/aromatic N) is 1. The molecule has 0 radical (unpaired) electrons. The van der Waals surface area contributed by atoms with Gasteiger partial charge in [0.1, 0.15) is 23.6 Å². The first-order chi connectivity index (χ1) is 11.0. The molecule has 23 heavy (non-hydrogen) atoms. The summed E-state index contributed by atoms with van der Waals surface area (Å²) in [6.45, 7) is 0.0623. The minimum Gasteiger partial charge on any atom is -0.486 e. The van der Waals surface area contributed by atoms with Crippen molar-refractivity contribution < 1.29 is 19.0 Å². The Morgan fingerprint density at radius 1 is 1.30 bits per heavy atom. The Labute approximate surface area is 151 Å². The number of aromatic nitrogens is 1. The van der Waals surface area contributed by atoms with Crippen molar-refractivity contribution >= 4 is 45.1 Å². The molecule has 0 aliphatic carbocycles. The lowest BCUT2D eigenvalue weighted by Crippen LogP contribution is -2.09. The lowest BCUT2D eigenvalue weighted by Gasteiger charge is -2.12. The molecule has 0 bridgehead atoms. The van der Waals surface area contributed by atoms with Gasteiger partial charge in [0.25, 0.3) is 0 Å². The lowest BCUT2D eigenvalue weighted by atomic mass is 10.2. The molecule has 0 saturated carbocycles. The van der Waals surface area contributed by atoms with Crippen molar-refractivity contribution in [2.75, 3.05) is 14.2 Å². The van der Waals surface area contributed by atoms with E-state index in [0.717, 1.165) is 0 Å². The number of pyridine rings is 1. The number of hydrogen-bond donors (Lipinski definition) is 0. The molecular weight excluding hydrogens is 409 g/mol. The topological polar surface area (TPSA) is 57.7 Å². The third kappa shape index (κ3) is 4.07. The molecule has 0 atom stereocenters. The van der Waals surface area contributed by atoms with Crippen LogP contribution in [0.1, 0.15) is 16.1 Å². The molecule has 8 heteroatoms. The van der Waals surface area contributed by atoms with Gasteiger partial charge < -0.3 is 14.2 Å². The first-order valence-electron chi connectivity index (χ1n) is 6.36. The number of methoxy groups -OCH3 is 2. The highest BCUT2D eigenvalue weighted by molar-refractivity contribution is 9.10. The van der Waals surface area contributed by atoms with Crippen LogP contribution >= 0.6 is 39.1 Å². The number of benzene rings is 1. The first-order valence-corrected chi connectivity index (χ1v) is 7.91. The fourth-order valence-electron chi connectivity index (χ4n) is 1.76. The standard InChI is InChI=1S/C15H12BrCl2NO4/c1-21-14-8(15(20)22-2)6-10(17)11(19-14)7-23-12-5-3-4-9(16)13(12)18/h3-6H,7H2,1-2H3. The maximum Gasteiger partial charge on any atom is 0.343 e. The van der Waals surface area contributed by atoms with Crippen molar-refractivity contribution in [3.63, 3.8) is 0 Å². The number of rotatable bonds is 5. The Bertz CT molecular complexity index is 740. The molecule has 1 aromatic carbocycles. The lowest BCUT2D eigenvalue weighted by molar-refractivity contribution is 0.0596. The second kappa shape index (κ2) is 7.86. The Morgan fingerprint density at radius 3 is 2.70 bits per heavy atom. The summed E-state index contributed by atoms with van der Waals surface area (Å²) in [4.78, 5) is 15.9. The van der Waals surface area contributed by atoms with Gasteiger partial charge in [0, 0.05) is 4.47 Å². The summed E-state index contributed by atoms with van der Waals surface area (Å²) in [5, 5.41) is 0.707. The molecule has 0 spiro atoms. The smallest absolute Gasteiger partial charge is 0.343 e. The van der Waals surface area contributed by atoms with Crippen LogP contribution in [0.5, 0.6) is 11.6 Å². The quantitative estimate of drug-likeness (QED) is 0.665. The normalized spacial score (nSPS) is 10.3. The predicted octanol–water partition coefficient (Wildman–Crippen LogP) is 4.53. The van der Waals surface area contributed by atoms with Gasteiger partial charge in [-0.2, -0.15) is 0 Å². The maximum atomic E-state index is 11.7. The third-order valence-electron chi connectivity index (χ3n) is 2.89. The van der Waals surface area contributed by atoms with Gasteiger partial charge in [-0.25, -0.2) is 9.78 Å². The molecule has 0 aliphatic rings. The third-order valence-corrected chi connectivity index (χ3v) is 4.50. The van der Waals surface area contributed by atoms with Crippen LogP contribution in [0.2, 0.25) is 10.0 Å². The second-order valence-corrected chi connectivity index (χ2v) is 5.95. The molecule has 1 aromatic heterocycles. The largest absolute Gasteiger partial charge is 0.486 e. The van der Waals surface area contributed by atoms with E-state index in [-0.39, 0.29) is 23.1 Å². The Balaban J connectivity index is 2.27. The minimum absolute atomic E-state index is 0.0623. The van der Waals surface area contributed by atoms with E-state index in [1.54, 1.807) is 18.2 Å². The van der Waals surface area contributed by atoms with Gasteiger partial charge in [-0.05, 0) is 34.1 Å². The average molecular weight is 421 g/mol. The van der Waals surface area contributed by atoms with Gasteiger partial charge in [-0.15, -0.1) is 0 Å². The highest BCUT2D eigenvalue weighted by Crippen LogP contribution is 2.33. The van der Waals surface area contributed by atoms with E-state index in [1.165, 1.54) is 20.3 Å². The molecule has 1 heterocycles. The summed E-state index contributed by atoms with van der Waals surface area (Å²) in [6.07, 6.45) is 0. The van der Waals surface area contributed by atoms with Crippen molar-refractivity contribution in [1.29, 1.82) is 0 Å². The Hall–Kier alpha value is -1.50. The molecule has 0 aliphatic heterocycles. The molecule has 122 valence electrons. The van der Waals surface area contributed by atoms with Crippen molar-refractivity contribution in [3.8, 4) is 11.6 Å². The number of esters is 1. The zero-order valence-electron chi connectivity index (χ0n) is 12.2. The minimum atomic E-state index is -0.584. The van der Waals surface area contributed by atoms with E-state index in [0.29, 0.717) is 20.9 Å². The van der Waals surface area contributed by atoms with Crippen molar-refractivity contribution in [1.82, 2.24) is 4.98 Å². The summed E-state index contributed by atoms with van der Waals surface area (Å²) < 4.78 is 16.1. The van der Waals surface area contributed by atoms with Crippen LogP contribution in [-0.2, 0) is 11.3 Å². The summed E-state index contributed by atoms with van der Waals surface area (Å²) in [6, 6.07) is 6.75. The molecule has 0 fully saturated rings. The molecule has 0 amide bonds. The molecule has 0 saturated heterocycles. The zero-order chi connectivity index (χ0) is 17.0. The predicted molar refractivity (Wildman–Crippen MR) is 90.6 cm³/mol. The van der Waals surface area contributed by atoms with E-state index in [1.807, 2.05) is 0 Å². The first kappa shape index (κ1) is 17.8. The number of ether oxygens (including phenoxy) is 3. The summed E-state index contributed by atoms with van der Waals surface area (Å²) in [5.41, 5.74) is 0.552. The van der Waals surface area contributed by atoms with Gasteiger partial charge in [-0.3, -0.25) is 0 Å². The van der Waals surface area contributed by atoms with Crippen molar-refractivity contribution in [3.05, 3.63) is 50.0 Å². The monoisotopic (exact) mass is 419 g/mol. The van der Waals surface area contributed by atoms with E-state index >= 15 is 0 Å². The second-order valence-electron chi connectivity index (χ2n) is 4.31. The van der Waals surface area contributed by atoms with Crippen LogP contribution in [0.15, 0.2) is 28.7 Å². The van der Waals surface area contributed by atoms with Gasteiger partial charge >= 0.3 is 5.97 Å². The Kier molecular flexibility index (Phi) is 6.10. The fourth-order valence-corrected chi connectivity index (χ4v) is 2.50. The Morgan fingerprint density at radius 2 is 2.04 bits per heavy atom. The van der Waals surface area contributed by atoms with Gasteiger partial charge in [0.2, 0.25) is 5.88 Å². The van der Waals surface area contributed by atoms with Crippen LogP contribution in [0.25, 0.3) is 0 Å². The zero-order valence-corrected chi connectivity index (χ0v) is 15.3. The van der Waals surface area contributed by atoms with E-state index in [4.69, 9.17) is 32.7 Å². The highest BCUT2D eigenvalue weighted by atomic mass is 79.9. The SMILES string of the molecule is COC(=O)c1cc(Cl)c(COc2cccc(Br)c2Cl)nc1OC. The maximum absolute atomic E-state index is 11.7. The molecule has 0 N–H and O–H groups in total. The molecular formula is C15H12BrCl2NO4. The summed E-state index contributed by atoms with van der Waals surface area (Å²) >= 11 is 15.6. The number of carbonyl (C=O) groups is 1. The van der Waals surface area contributed by atoms with Gasteiger partial charge in [0.05, 0.1) is 24.3 Å². The van der Waals surface area contributed by atoms with E-state index in [2.05, 4.69) is 25.7 Å². The van der Waals surface area contributed by atoms with Crippen molar-refractivity contribution in [2.24, 2.45) is 0 Å². The number of hydrogen-bond acceptors (Lipinski definition) is 5. The van der Waals surface area contributed by atoms with Crippen LogP contribution in [0, 0.1) is 0 Å². The van der Waals surface area contributed by atoms with Gasteiger partial charge in [0.15, 0.2) is 0 Å². The summed E-state index contributed by atoms with van der Waals surface area (Å²) in [5.74, 6) is 0.00821. The average Bonchev–Trinajstić information content (AvgIpc) is 2.56.